The molecule has 0 spiro atoms. The minimum absolute atomic E-state index is 0.0517. The molecule has 94 valence electrons. The van der Waals surface area contributed by atoms with Crippen molar-refractivity contribution in [2.45, 2.75) is 31.8 Å². The number of carboxylic acids is 1. The molecular weight excluding hydrogens is 222 g/mol. The number of anilines is 1. The van der Waals surface area contributed by atoms with Gasteiger partial charge in [0.05, 0.1) is 12.7 Å². The standard InChI is InChI=1S/C12H17NO4/c14-12(15)10-5-6-11(17-10)13-7-8-16-9-3-1-2-4-9/h5-6,9,13H,1-4,7-8H2,(H,14,15). The van der Waals surface area contributed by atoms with Gasteiger partial charge in [0, 0.05) is 12.6 Å². The number of carboxylic acid groups (broad SMARTS) is 1. The maximum absolute atomic E-state index is 10.6. The molecule has 2 rings (SSSR count). The summed E-state index contributed by atoms with van der Waals surface area (Å²) in [5, 5.41) is 11.7. The number of carbonyl (C=O) groups is 1. The fourth-order valence-corrected chi connectivity index (χ4v) is 2.00. The maximum Gasteiger partial charge on any atom is 0.371 e. The van der Waals surface area contributed by atoms with Crippen molar-refractivity contribution >= 4 is 11.9 Å². The van der Waals surface area contributed by atoms with E-state index < -0.39 is 5.97 Å². The van der Waals surface area contributed by atoms with E-state index in [9.17, 15) is 4.79 Å². The Morgan fingerprint density at radius 2 is 2.24 bits per heavy atom. The van der Waals surface area contributed by atoms with Crippen LogP contribution < -0.4 is 5.32 Å². The molecule has 0 atom stereocenters. The first kappa shape index (κ1) is 12.0. The summed E-state index contributed by atoms with van der Waals surface area (Å²) < 4.78 is 10.7. The van der Waals surface area contributed by atoms with Crippen LogP contribution in [-0.4, -0.2) is 30.3 Å². The SMILES string of the molecule is O=C(O)c1ccc(NCCOC2CCCC2)o1. The van der Waals surface area contributed by atoms with E-state index >= 15 is 0 Å². The van der Waals surface area contributed by atoms with Crippen LogP contribution in [0.5, 0.6) is 0 Å². The van der Waals surface area contributed by atoms with Gasteiger partial charge in [-0.2, -0.15) is 0 Å². The molecule has 0 unspecified atom stereocenters. The van der Waals surface area contributed by atoms with Crippen LogP contribution in [0, 0.1) is 0 Å². The highest BCUT2D eigenvalue weighted by molar-refractivity contribution is 5.84. The second kappa shape index (κ2) is 5.72. The second-order valence-corrected chi connectivity index (χ2v) is 4.17. The average Bonchev–Trinajstić information content (AvgIpc) is 2.96. The summed E-state index contributed by atoms with van der Waals surface area (Å²) in [5.74, 6) is -0.637. The summed E-state index contributed by atoms with van der Waals surface area (Å²) in [6.45, 7) is 1.25. The van der Waals surface area contributed by atoms with Gasteiger partial charge in [-0.1, -0.05) is 12.8 Å². The molecule has 17 heavy (non-hydrogen) atoms. The van der Waals surface area contributed by atoms with E-state index in [0.29, 0.717) is 25.1 Å². The number of ether oxygens (including phenoxy) is 1. The molecule has 1 aliphatic carbocycles. The van der Waals surface area contributed by atoms with Crippen LogP contribution >= 0.6 is 0 Å². The zero-order valence-electron chi connectivity index (χ0n) is 9.65. The van der Waals surface area contributed by atoms with Gasteiger partial charge >= 0.3 is 5.97 Å². The highest BCUT2D eigenvalue weighted by atomic mass is 16.5. The Morgan fingerprint density at radius 3 is 2.88 bits per heavy atom. The Balaban J connectivity index is 1.65. The van der Waals surface area contributed by atoms with E-state index in [4.69, 9.17) is 14.3 Å². The van der Waals surface area contributed by atoms with Crippen LogP contribution in [0.15, 0.2) is 16.5 Å². The van der Waals surface area contributed by atoms with Crippen molar-refractivity contribution in [1.82, 2.24) is 0 Å². The first-order chi connectivity index (χ1) is 8.25. The predicted molar refractivity (Wildman–Crippen MR) is 62.4 cm³/mol. The Bertz CT molecular complexity index is 368. The molecule has 0 bridgehead atoms. The van der Waals surface area contributed by atoms with E-state index in [0.717, 1.165) is 12.8 Å². The summed E-state index contributed by atoms with van der Waals surface area (Å²) in [7, 11) is 0. The monoisotopic (exact) mass is 239 g/mol. The molecule has 1 heterocycles. The number of hydrogen-bond acceptors (Lipinski definition) is 4. The summed E-state index contributed by atoms with van der Waals surface area (Å²) in [5.41, 5.74) is 0. The fourth-order valence-electron chi connectivity index (χ4n) is 2.00. The minimum Gasteiger partial charge on any atom is -0.475 e. The van der Waals surface area contributed by atoms with Gasteiger partial charge in [0.15, 0.2) is 5.88 Å². The summed E-state index contributed by atoms with van der Waals surface area (Å²) >= 11 is 0. The molecule has 0 radical (unpaired) electrons. The summed E-state index contributed by atoms with van der Waals surface area (Å²) in [6, 6.07) is 3.04. The molecule has 1 aromatic rings. The summed E-state index contributed by atoms with van der Waals surface area (Å²) in [4.78, 5) is 10.6. The number of rotatable bonds is 6. The number of aromatic carboxylic acids is 1. The van der Waals surface area contributed by atoms with Gasteiger partial charge in [0.2, 0.25) is 5.76 Å². The number of hydrogen-bond donors (Lipinski definition) is 2. The smallest absolute Gasteiger partial charge is 0.371 e. The molecule has 1 fully saturated rings. The average molecular weight is 239 g/mol. The molecule has 0 aliphatic heterocycles. The lowest BCUT2D eigenvalue weighted by molar-refractivity contribution is 0.0654. The third kappa shape index (κ3) is 3.49. The van der Waals surface area contributed by atoms with Gasteiger partial charge in [-0.15, -0.1) is 0 Å². The minimum atomic E-state index is -1.06. The predicted octanol–water partition coefficient (Wildman–Crippen LogP) is 2.35. The molecule has 0 aromatic carbocycles. The molecule has 5 nitrogen and oxygen atoms in total. The summed E-state index contributed by atoms with van der Waals surface area (Å²) in [6.07, 6.45) is 5.24. The van der Waals surface area contributed by atoms with Crippen molar-refractivity contribution in [2.75, 3.05) is 18.5 Å². The highest BCUT2D eigenvalue weighted by Crippen LogP contribution is 2.20. The van der Waals surface area contributed by atoms with Gasteiger partial charge in [0.1, 0.15) is 0 Å². The van der Waals surface area contributed by atoms with Gasteiger partial charge in [-0.3, -0.25) is 0 Å². The lowest BCUT2D eigenvalue weighted by Crippen LogP contribution is -2.15. The topological polar surface area (TPSA) is 71.7 Å². The van der Waals surface area contributed by atoms with E-state index in [-0.39, 0.29) is 5.76 Å². The zero-order chi connectivity index (χ0) is 12.1. The van der Waals surface area contributed by atoms with E-state index in [1.54, 1.807) is 6.07 Å². The lowest BCUT2D eigenvalue weighted by Gasteiger charge is -2.10. The van der Waals surface area contributed by atoms with Crippen molar-refractivity contribution < 1.29 is 19.1 Å². The highest BCUT2D eigenvalue weighted by Gasteiger charge is 2.14. The Morgan fingerprint density at radius 1 is 1.47 bits per heavy atom. The van der Waals surface area contributed by atoms with Crippen molar-refractivity contribution in [3.8, 4) is 0 Å². The molecule has 1 aliphatic rings. The van der Waals surface area contributed by atoms with Gasteiger partial charge < -0.3 is 19.6 Å². The van der Waals surface area contributed by atoms with Crippen LogP contribution in [-0.2, 0) is 4.74 Å². The quantitative estimate of drug-likeness (QED) is 0.745. The Kier molecular flexibility index (Phi) is 4.03. The van der Waals surface area contributed by atoms with E-state index in [2.05, 4.69) is 5.32 Å². The third-order valence-electron chi connectivity index (χ3n) is 2.87. The lowest BCUT2D eigenvalue weighted by atomic mass is 10.3. The molecule has 1 saturated carbocycles. The first-order valence-electron chi connectivity index (χ1n) is 5.94. The van der Waals surface area contributed by atoms with Gasteiger partial charge in [-0.25, -0.2) is 4.79 Å². The normalized spacial score (nSPS) is 16.2. The van der Waals surface area contributed by atoms with Crippen molar-refractivity contribution in [1.29, 1.82) is 0 Å². The number of furan rings is 1. The van der Waals surface area contributed by atoms with E-state index in [1.165, 1.54) is 18.9 Å². The van der Waals surface area contributed by atoms with E-state index in [1.807, 2.05) is 0 Å². The third-order valence-corrected chi connectivity index (χ3v) is 2.87. The van der Waals surface area contributed by atoms with Crippen LogP contribution in [0.2, 0.25) is 0 Å². The zero-order valence-corrected chi connectivity index (χ0v) is 9.65. The maximum atomic E-state index is 10.6. The second-order valence-electron chi connectivity index (χ2n) is 4.17. The van der Waals surface area contributed by atoms with Crippen LogP contribution in [0.4, 0.5) is 5.88 Å². The van der Waals surface area contributed by atoms with Crippen LogP contribution in [0.1, 0.15) is 36.2 Å². The van der Waals surface area contributed by atoms with Crippen LogP contribution in [0.3, 0.4) is 0 Å². The molecule has 0 amide bonds. The number of nitrogens with one attached hydrogen (secondary N) is 1. The molecule has 5 heteroatoms. The van der Waals surface area contributed by atoms with Crippen molar-refractivity contribution in [3.05, 3.63) is 17.9 Å². The Hall–Kier alpha value is -1.49. The van der Waals surface area contributed by atoms with Crippen molar-refractivity contribution in [3.63, 3.8) is 0 Å². The fraction of sp³-hybridized carbons (Fsp3) is 0.583. The van der Waals surface area contributed by atoms with Gasteiger partial charge in [0.25, 0.3) is 0 Å². The largest absolute Gasteiger partial charge is 0.475 e. The molecule has 0 saturated heterocycles. The molecular formula is C12H17NO4. The van der Waals surface area contributed by atoms with Crippen LogP contribution in [0.25, 0.3) is 0 Å². The van der Waals surface area contributed by atoms with Gasteiger partial charge in [-0.05, 0) is 18.9 Å². The van der Waals surface area contributed by atoms with Crippen molar-refractivity contribution in [2.24, 2.45) is 0 Å². The Labute approximate surface area is 99.8 Å². The molecule has 2 N–H and O–H groups in total. The molecule has 1 aromatic heterocycles. The first-order valence-corrected chi connectivity index (χ1v) is 5.94.